The van der Waals surface area contributed by atoms with E-state index in [2.05, 4.69) is 18.6 Å². The molecule has 5 heteroatoms. The summed E-state index contributed by atoms with van der Waals surface area (Å²) in [4.78, 5) is 25.2. The van der Waals surface area contributed by atoms with Crippen LogP contribution in [0.4, 0.5) is 0 Å². The van der Waals surface area contributed by atoms with Crippen LogP contribution in [0.2, 0.25) is 0 Å². The van der Waals surface area contributed by atoms with Gasteiger partial charge in [-0.15, -0.1) is 0 Å². The smallest absolute Gasteiger partial charge is 0.325 e. The molecule has 1 amide bonds. The molecule has 0 N–H and O–H groups in total. The van der Waals surface area contributed by atoms with Gasteiger partial charge in [-0.05, 0) is 18.3 Å². The lowest BCUT2D eigenvalue weighted by molar-refractivity contribution is -0.150. The monoisotopic (exact) mass is 266 g/mol. The van der Waals surface area contributed by atoms with E-state index in [0.29, 0.717) is 0 Å². The van der Waals surface area contributed by atoms with E-state index in [4.69, 9.17) is 5.26 Å². The van der Waals surface area contributed by atoms with Gasteiger partial charge >= 0.3 is 5.97 Å². The van der Waals surface area contributed by atoms with Crippen molar-refractivity contribution in [2.45, 2.75) is 39.5 Å². The van der Waals surface area contributed by atoms with E-state index < -0.39 is 5.97 Å². The van der Waals surface area contributed by atoms with Crippen molar-refractivity contribution < 1.29 is 14.3 Å². The Morgan fingerprint density at radius 1 is 1.42 bits per heavy atom. The Hall–Kier alpha value is -1.57. The largest absolute Gasteiger partial charge is 0.468 e. The SMILES string of the molecule is COC(=O)CN(CC#N)C(=O)[C@@H]1CCCCC1(C)C. The van der Waals surface area contributed by atoms with Crippen LogP contribution in [0, 0.1) is 22.7 Å². The van der Waals surface area contributed by atoms with E-state index in [1.807, 2.05) is 6.07 Å². The van der Waals surface area contributed by atoms with Crippen LogP contribution in [0.5, 0.6) is 0 Å². The summed E-state index contributed by atoms with van der Waals surface area (Å²) in [6.07, 6.45) is 3.99. The van der Waals surface area contributed by atoms with Gasteiger partial charge in [0.25, 0.3) is 0 Å². The second kappa shape index (κ2) is 6.55. The number of hydrogen-bond donors (Lipinski definition) is 0. The molecule has 0 aromatic heterocycles. The number of nitrogens with zero attached hydrogens (tertiary/aromatic N) is 2. The summed E-state index contributed by atoms with van der Waals surface area (Å²) in [5.74, 6) is -0.701. The van der Waals surface area contributed by atoms with Crippen LogP contribution in [0.1, 0.15) is 39.5 Å². The van der Waals surface area contributed by atoms with Gasteiger partial charge in [0.15, 0.2) is 0 Å². The summed E-state index contributed by atoms with van der Waals surface area (Å²) < 4.78 is 4.57. The first-order valence-electron chi connectivity index (χ1n) is 6.65. The van der Waals surface area contributed by atoms with Crippen LogP contribution in [0.25, 0.3) is 0 Å². The third-order valence-electron chi connectivity index (χ3n) is 3.93. The van der Waals surface area contributed by atoms with Crippen LogP contribution in [0.15, 0.2) is 0 Å². The molecule has 5 nitrogen and oxygen atoms in total. The van der Waals surface area contributed by atoms with E-state index >= 15 is 0 Å². The van der Waals surface area contributed by atoms with Crippen molar-refractivity contribution in [3.63, 3.8) is 0 Å². The molecule has 0 bridgehead atoms. The maximum absolute atomic E-state index is 12.5. The molecule has 1 rings (SSSR count). The zero-order valence-corrected chi connectivity index (χ0v) is 11.9. The molecule has 0 saturated heterocycles. The topological polar surface area (TPSA) is 70.4 Å². The molecule has 0 aliphatic heterocycles. The van der Waals surface area contributed by atoms with Crippen LogP contribution < -0.4 is 0 Å². The van der Waals surface area contributed by atoms with E-state index in [9.17, 15) is 9.59 Å². The van der Waals surface area contributed by atoms with Gasteiger partial charge in [-0.3, -0.25) is 9.59 Å². The molecule has 1 atom stereocenters. The third kappa shape index (κ3) is 3.95. The fourth-order valence-electron chi connectivity index (χ4n) is 2.69. The van der Waals surface area contributed by atoms with Crippen molar-refractivity contribution in [3.05, 3.63) is 0 Å². The number of carbonyl (C=O) groups is 2. The molecule has 0 heterocycles. The van der Waals surface area contributed by atoms with Crippen LogP contribution in [-0.2, 0) is 14.3 Å². The highest BCUT2D eigenvalue weighted by Crippen LogP contribution is 2.41. The molecule has 1 fully saturated rings. The highest BCUT2D eigenvalue weighted by Gasteiger charge is 2.39. The molecule has 1 aliphatic rings. The number of ether oxygens (including phenoxy) is 1. The summed E-state index contributed by atoms with van der Waals surface area (Å²) in [7, 11) is 1.28. The van der Waals surface area contributed by atoms with E-state index in [0.717, 1.165) is 25.7 Å². The van der Waals surface area contributed by atoms with Crippen molar-refractivity contribution in [1.82, 2.24) is 4.90 Å². The number of methoxy groups -OCH3 is 1. The maximum Gasteiger partial charge on any atom is 0.325 e. The second-order valence-electron chi connectivity index (χ2n) is 5.72. The number of esters is 1. The number of amides is 1. The minimum atomic E-state index is -0.489. The van der Waals surface area contributed by atoms with Gasteiger partial charge in [0.1, 0.15) is 13.1 Å². The average Bonchev–Trinajstić information content (AvgIpc) is 2.36. The first-order chi connectivity index (χ1) is 8.92. The zero-order chi connectivity index (χ0) is 14.5. The lowest BCUT2D eigenvalue weighted by Gasteiger charge is -2.39. The van der Waals surface area contributed by atoms with Gasteiger partial charge in [-0.1, -0.05) is 26.7 Å². The predicted molar refractivity (Wildman–Crippen MR) is 69.9 cm³/mol. The molecular formula is C14H22N2O3. The number of nitriles is 1. The Balaban J connectivity index is 2.80. The second-order valence-corrected chi connectivity index (χ2v) is 5.72. The van der Waals surface area contributed by atoms with Crippen molar-refractivity contribution in [2.24, 2.45) is 11.3 Å². The Bertz CT molecular complexity index is 385. The predicted octanol–water partition coefficient (Wildman–Crippen LogP) is 1.73. The Labute approximate surface area is 114 Å². The summed E-state index contributed by atoms with van der Waals surface area (Å²) in [5.41, 5.74) is -0.0703. The quantitative estimate of drug-likeness (QED) is 0.574. The average molecular weight is 266 g/mol. The normalized spacial score (nSPS) is 21.3. The Morgan fingerprint density at radius 3 is 2.63 bits per heavy atom. The van der Waals surface area contributed by atoms with Crippen LogP contribution in [-0.4, -0.2) is 37.0 Å². The lowest BCUT2D eigenvalue weighted by Crippen LogP contribution is -2.45. The fraction of sp³-hybridized carbons (Fsp3) is 0.786. The summed E-state index contributed by atoms with van der Waals surface area (Å²) in [5, 5.41) is 8.80. The number of rotatable bonds is 4. The summed E-state index contributed by atoms with van der Waals surface area (Å²) >= 11 is 0. The number of carbonyl (C=O) groups excluding carboxylic acids is 2. The first kappa shape index (κ1) is 15.5. The van der Waals surface area contributed by atoms with Crippen LogP contribution in [0.3, 0.4) is 0 Å². The van der Waals surface area contributed by atoms with Gasteiger partial charge < -0.3 is 9.64 Å². The highest BCUT2D eigenvalue weighted by molar-refractivity contribution is 5.84. The molecule has 0 unspecified atom stereocenters. The van der Waals surface area contributed by atoms with Crippen molar-refractivity contribution in [2.75, 3.05) is 20.2 Å². The molecule has 0 aromatic carbocycles. The van der Waals surface area contributed by atoms with Crippen molar-refractivity contribution >= 4 is 11.9 Å². The van der Waals surface area contributed by atoms with Gasteiger partial charge in [-0.2, -0.15) is 5.26 Å². The third-order valence-corrected chi connectivity index (χ3v) is 3.93. The van der Waals surface area contributed by atoms with E-state index in [-0.39, 0.29) is 30.3 Å². The summed E-state index contributed by atoms with van der Waals surface area (Å²) in [6.45, 7) is 3.95. The van der Waals surface area contributed by atoms with Gasteiger partial charge in [0.05, 0.1) is 13.2 Å². The Kier molecular flexibility index (Phi) is 5.34. The molecule has 1 saturated carbocycles. The molecule has 0 aromatic rings. The minimum Gasteiger partial charge on any atom is -0.468 e. The van der Waals surface area contributed by atoms with Crippen molar-refractivity contribution in [3.8, 4) is 6.07 Å². The molecule has 1 aliphatic carbocycles. The van der Waals surface area contributed by atoms with Crippen molar-refractivity contribution in [1.29, 1.82) is 5.26 Å². The molecular weight excluding hydrogens is 244 g/mol. The standard InChI is InChI=1S/C14H22N2O3/c1-14(2)7-5-4-6-11(14)13(18)16(9-8-15)10-12(17)19-3/h11H,4-7,9-10H2,1-3H3/t11-/m0/s1. The molecule has 0 spiro atoms. The van der Waals surface area contributed by atoms with Crippen LogP contribution >= 0.6 is 0 Å². The molecule has 19 heavy (non-hydrogen) atoms. The highest BCUT2D eigenvalue weighted by atomic mass is 16.5. The van der Waals surface area contributed by atoms with E-state index in [1.165, 1.54) is 12.0 Å². The first-order valence-corrected chi connectivity index (χ1v) is 6.65. The van der Waals surface area contributed by atoms with Gasteiger partial charge in [-0.25, -0.2) is 0 Å². The fourth-order valence-corrected chi connectivity index (χ4v) is 2.69. The summed E-state index contributed by atoms with van der Waals surface area (Å²) in [6, 6.07) is 1.94. The van der Waals surface area contributed by atoms with Gasteiger partial charge in [0, 0.05) is 5.92 Å². The van der Waals surface area contributed by atoms with Gasteiger partial charge in [0.2, 0.25) is 5.91 Å². The maximum atomic E-state index is 12.5. The molecule has 0 radical (unpaired) electrons. The lowest BCUT2D eigenvalue weighted by atomic mass is 9.68. The zero-order valence-electron chi connectivity index (χ0n) is 11.9. The van der Waals surface area contributed by atoms with E-state index in [1.54, 1.807) is 0 Å². The Morgan fingerprint density at radius 2 is 2.11 bits per heavy atom. The minimum absolute atomic E-state index is 0.0689. The molecule has 106 valence electrons. The number of hydrogen-bond acceptors (Lipinski definition) is 4.